The summed E-state index contributed by atoms with van der Waals surface area (Å²) in [6.07, 6.45) is 0. The van der Waals surface area contributed by atoms with Gasteiger partial charge in [0.25, 0.3) is 0 Å². The highest BCUT2D eigenvalue weighted by Gasteiger charge is 2.30. The molecule has 3 heterocycles. The first-order valence-electron chi connectivity index (χ1n) is 8.54. The second-order valence-electron chi connectivity index (χ2n) is 6.49. The number of hydrogen-bond acceptors (Lipinski definition) is 5. The smallest absolute Gasteiger partial charge is 0.100 e. The summed E-state index contributed by atoms with van der Waals surface area (Å²) in [5.41, 5.74) is 3.51. The van der Waals surface area contributed by atoms with E-state index >= 15 is 0 Å². The minimum Gasteiger partial charge on any atom is -0.376 e. The van der Waals surface area contributed by atoms with Gasteiger partial charge in [0.15, 0.2) is 0 Å². The van der Waals surface area contributed by atoms with Crippen molar-refractivity contribution in [1.29, 1.82) is 0 Å². The first kappa shape index (κ1) is 16.4. The van der Waals surface area contributed by atoms with Crippen molar-refractivity contribution in [2.45, 2.75) is 25.6 Å². The number of aryl methyl sites for hydroxylation is 1. The van der Waals surface area contributed by atoms with Crippen LogP contribution in [0.3, 0.4) is 0 Å². The summed E-state index contributed by atoms with van der Waals surface area (Å²) in [6, 6.07) is 14.6. The number of thiophene rings is 1. The van der Waals surface area contributed by atoms with Crippen LogP contribution in [0.25, 0.3) is 0 Å². The number of ether oxygens (including phenoxy) is 1. The SMILES string of the molecule is Cn1nnc2c1[C@H](COCc1ccccc1)CN(Cc1cccs1)C2. The first-order chi connectivity index (χ1) is 12.3. The van der Waals surface area contributed by atoms with Crippen molar-refractivity contribution in [1.82, 2.24) is 19.9 Å². The lowest BCUT2D eigenvalue weighted by atomic mass is 9.99. The van der Waals surface area contributed by atoms with Crippen molar-refractivity contribution < 1.29 is 4.74 Å². The van der Waals surface area contributed by atoms with Gasteiger partial charge in [0.1, 0.15) is 5.69 Å². The second kappa shape index (κ2) is 7.47. The number of hydrogen-bond donors (Lipinski definition) is 0. The Kier molecular flexibility index (Phi) is 4.92. The molecule has 25 heavy (non-hydrogen) atoms. The topological polar surface area (TPSA) is 43.2 Å². The van der Waals surface area contributed by atoms with Crippen LogP contribution >= 0.6 is 11.3 Å². The number of benzene rings is 1. The fraction of sp³-hybridized carbons (Fsp3) is 0.368. The van der Waals surface area contributed by atoms with Gasteiger partial charge in [-0.25, -0.2) is 0 Å². The van der Waals surface area contributed by atoms with Gasteiger partial charge >= 0.3 is 0 Å². The summed E-state index contributed by atoms with van der Waals surface area (Å²) in [7, 11) is 1.98. The van der Waals surface area contributed by atoms with Gasteiger partial charge < -0.3 is 4.74 Å². The van der Waals surface area contributed by atoms with E-state index in [4.69, 9.17) is 4.74 Å². The number of aromatic nitrogens is 3. The van der Waals surface area contributed by atoms with E-state index in [9.17, 15) is 0 Å². The van der Waals surface area contributed by atoms with Gasteiger partial charge in [-0.3, -0.25) is 9.58 Å². The van der Waals surface area contributed by atoms with Crippen molar-refractivity contribution in [3.05, 3.63) is 69.7 Å². The normalized spacial score (nSPS) is 17.6. The molecule has 3 aromatic rings. The van der Waals surface area contributed by atoms with E-state index in [1.54, 1.807) is 11.3 Å². The van der Waals surface area contributed by atoms with Crippen molar-refractivity contribution in [2.75, 3.05) is 13.2 Å². The molecule has 130 valence electrons. The quantitative estimate of drug-likeness (QED) is 0.682. The lowest BCUT2D eigenvalue weighted by Gasteiger charge is -2.31. The minimum absolute atomic E-state index is 0.299. The van der Waals surface area contributed by atoms with Crippen molar-refractivity contribution in [3.8, 4) is 0 Å². The van der Waals surface area contributed by atoms with Crippen molar-refractivity contribution in [3.63, 3.8) is 0 Å². The van der Waals surface area contributed by atoms with E-state index < -0.39 is 0 Å². The Morgan fingerprint density at radius 2 is 2.08 bits per heavy atom. The molecule has 6 heteroatoms. The van der Waals surface area contributed by atoms with Crippen LogP contribution in [0.5, 0.6) is 0 Å². The molecule has 1 atom stereocenters. The third-order valence-electron chi connectivity index (χ3n) is 4.57. The van der Waals surface area contributed by atoms with Gasteiger partial charge in [0, 0.05) is 37.5 Å². The van der Waals surface area contributed by atoms with Crippen LogP contribution in [0, 0.1) is 0 Å². The Morgan fingerprint density at radius 3 is 2.88 bits per heavy atom. The van der Waals surface area contributed by atoms with Crippen molar-refractivity contribution in [2.24, 2.45) is 7.05 Å². The average Bonchev–Trinajstić information content (AvgIpc) is 3.26. The molecule has 1 aromatic carbocycles. The fourth-order valence-corrected chi connectivity index (χ4v) is 4.21. The Labute approximate surface area is 151 Å². The van der Waals surface area contributed by atoms with Crippen LogP contribution in [0.15, 0.2) is 47.8 Å². The number of fused-ring (bicyclic) bond motifs is 1. The van der Waals surface area contributed by atoms with Gasteiger partial charge in [-0.05, 0) is 17.0 Å². The molecule has 0 bridgehead atoms. The molecule has 0 fully saturated rings. The summed E-state index contributed by atoms with van der Waals surface area (Å²) < 4.78 is 7.94. The third kappa shape index (κ3) is 3.81. The predicted molar refractivity (Wildman–Crippen MR) is 98.3 cm³/mol. The molecule has 0 saturated carbocycles. The van der Waals surface area contributed by atoms with E-state index in [0.717, 1.165) is 25.3 Å². The maximum absolute atomic E-state index is 6.03. The van der Waals surface area contributed by atoms with E-state index in [1.165, 1.54) is 16.1 Å². The lowest BCUT2D eigenvalue weighted by Crippen LogP contribution is -2.35. The van der Waals surface area contributed by atoms with Crippen LogP contribution in [0.1, 0.15) is 27.7 Å². The third-order valence-corrected chi connectivity index (χ3v) is 5.43. The molecule has 0 radical (unpaired) electrons. The molecular formula is C19H22N4OS. The van der Waals surface area contributed by atoms with E-state index in [1.807, 2.05) is 29.9 Å². The van der Waals surface area contributed by atoms with E-state index in [2.05, 4.69) is 44.9 Å². The Bertz CT molecular complexity index is 800. The zero-order valence-corrected chi connectivity index (χ0v) is 15.2. The summed E-state index contributed by atoms with van der Waals surface area (Å²) >= 11 is 1.81. The van der Waals surface area contributed by atoms with Crippen LogP contribution in [-0.2, 0) is 31.5 Å². The van der Waals surface area contributed by atoms with Crippen molar-refractivity contribution >= 4 is 11.3 Å². The van der Waals surface area contributed by atoms with Gasteiger partial charge in [0.05, 0.1) is 18.9 Å². The lowest BCUT2D eigenvalue weighted by molar-refractivity contribution is 0.0832. The van der Waals surface area contributed by atoms with Crippen LogP contribution in [0.4, 0.5) is 0 Å². The molecule has 2 aromatic heterocycles. The summed E-state index contributed by atoms with van der Waals surface area (Å²) in [5.74, 6) is 0.299. The van der Waals surface area contributed by atoms with E-state index in [0.29, 0.717) is 19.1 Å². The standard InChI is InChI=1S/C19H22N4OS/c1-22-19-16(14-24-13-15-6-3-2-4-7-15)10-23(12-18(19)20-21-22)11-17-8-5-9-25-17/h2-9,16H,10-14H2,1H3/t16-/m0/s1. The highest BCUT2D eigenvalue weighted by Crippen LogP contribution is 2.28. The summed E-state index contributed by atoms with van der Waals surface area (Å²) in [6.45, 7) is 4.12. The molecule has 4 rings (SSSR count). The molecule has 0 unspecified atom stereocenters. The van der Waals surface area contributed by atoms with Crippen LogP contribution < -0.4 is 0 Å². The van der Waals surface area contributed by atoms with Gasteiger partial charge in [0.2, 0.25) is 0 Å². The molecule has 0 aliphatic carbocycles. The van der Waals surface area contributed by atoms with Crippen LogP contribution in [0.2, 0.25) is 0 Å². The zero-order chi connectivity index (χ0) is 17.1. The minimum atomic E-state index is 0.299. The largest absolute Gasteiger partial charge is 0.376 e. The van der Waals surface area contributed by atoms with Gasteiger partial charge in [-0.15, -0.1) is 16.4 Å². The Hall–Kier alpha value is -2.02. The first-order valence-corrected chi connectivity index (χ1v) is 9.42. The molecule has 1 aliphatic rings. The predicted octanol–water partition coefficient (Wildman–Crippen LogP) is 3.19. The maximum atomic E-state index is 6.03. The van der Waals surface area contributed by atoms with Gasteiger partial charge in [-0.1, -0.05) is 41.6 Å². The molecule has 0 spiro atoms. The molecule has 0 N–H and O–H groups in total. The fourth-order valence-electron chi connectivity index (χ4n) is 3.46. The summed E-state index contributed by atoms with van der Waals surface area (Å²) in [4.78, 5) is 3.83. The van der Waals surface area contributed by atoms with Crippen LogP contribution in [-0.4, -0.2) is 33.0 Å². The highest BCUT2D eigenvalue weighted by molar-refractivity contribution is 7.09. The molecule has 0 amide bonds. The van der Waals surface area contributed by atoms with E-state index in [-0.39, 0.29) is 0 Å². The molecular weight excluding hydrogens is 332 g/mol. The summed E-state index contributed by atoms with van der Waals surface area (Å²) in [5, 5.41) is 10.7. The average molecular weight is 354 g/mol. The molecule has 5 nitrogen and oxygen atoms in total. The number of nitrogens with zero attached hydrogens (tertiary/aromatic N) is 4. The number of rotatable bonds is 6. The Morgan fingerprint density at radius 1 is 1.20 bits per heavy atom. The van der Waals surface area contributed by atoms with Gasteiger partial charge in [-0.2, -0.15) is 0 Å². The monoisotopic (exact) mass is 354 g/mol. The maximum Gasteiger partial charge on any atom is 0.100 e. The zero-order valence-electron chi connectivity index (χ0n) is 14.3. The highest BCUT2D eigenvalue weighted by atomic mass is 32.1. The molecule has 0 saturated heterocycles. The second-order valence-corrected chi connectivity index (χ2v) is 7.52. The molecule has 1 aliphatic heterocycles. The Balaban J connectivity index is 1.44.